The molecule has 3 rings (SSSR count). The summed E-state index contributed by atoms with van der Waals surface area (Å²) < 4.78 is 1.69. The summed E-state index contributed by atoms with van der Waals surface area (Å²) in [5.74, 6) is -0.967. The second-order valence-electron chi connectivity index (χ2n) is 5.28. The van der Waals surface area contributed by atoms with Crippen molar-refractivity contribution in [3.8, 4) is 0 Å². The van der Waals surface area contributed by atoms with E-state index in [9.17, 15) is 9.59 Å². The van der Waals surface area contributed by atoms with E-state index in [2.05, 4.69) is 0 Å². The molecule has 3 aromatic rings. The molecule has 4 heteroatoms. The van der Waals surface area contributed by atoms with Crippen molar-refractivity contribution >= 4 is 16.9 Å². The van der Waals surface area contributed by atoms with Gasteiger partial charge in [0.1, 0.15) is 0 Å². The van der Waals surface area contributed by atoms with Gasteiger partial charge in [0.15, 0.2) is 0 Å². The highest BCUT2D eigenvalue weighted by molar-refractivity contribution is 5.94. The lowest BCUT2D eigenvalue weighted by Crippen LogP contribution is -2.20. The average molecular weight is 293 g/mol. The molecule has 0 atom stereocenters. The number of rotatable bonds is 3. The number of hydrogen-bond donors (Lipinski definition) is 1. The summed E-state index contributed by atoms with van der Waals surface area (Å²) in [4.78, 5) is 23.4. The van der Waals surface area contributed by atoms with Crippen LogP contribution in [0.4, 0.5) is 0 Å². The molecule has 0 fully saturated rings. The normalized spacial score (nSPS) is 10.8. The first-order chi connectivity index (χ1) is 10.6. The standard InChI is InChI=1S/C18H15NO3/c1-12-9-15(18(21)22)10-14-7-8-16(20)19(17(12)14)11-13-5-3-2-4-6-13/h2-10H,11H2,1H3,(H,21,22). The van der Waals surface area contributed by atoms with Crippen LogP contribution >= 0.6 is 0 Å². The average Bonchev–Trinajstić information content (AvgIpc) is 2.51. The van der Waals surface area contributed by atoms with E-state index in [4.69, 9.17) is 5.11 Å². The number of carboxylic acid groups (broad SMARTS) is 1. The highest BCUT2D eigenvalue weighted by Crippen LogP contribution is 2.20. The number of carboxylic acids is 1. The fraction of sp³-hybridized carbons (Fsp3) is 0.111. The molecule has 22 heavy (non-hydrogen) atoms. The monoisotopic (exact) mass is 293 g/mol. The molecule has 0 aliphatic carbocycles. The van der Waals surface area contributed by atoms with Crippen LogP contribution in [-0.4, -0.2) is 15.6 Å². The van der Waals surface area contributed by atoms with Crippen LogP contribution in [0.15, 0.2) is 59.4 Å². The SMILES string of the molecule is Cc1cc(C(=O)O)cc2ccc(=O)n(Cc3ccccc3)c12. The lowest BCUT2D eigenvalue weighted by atomic mass is 10.1. The van der Waals surface area contributed by atoms with E-state index in [1.165, 1.54) is 6.07 Å². The molecule has 110 valence electrons. The Morgan fingerprint density at radius 1 is 1.09 bits per heavy atom. The number of hydrogen-bond acceptors (Lipinski definition) is 2. The molecule has 0 saturated carbocycles. The van der Waals surface area contributed by atoms with E-state index in [0.717, 1.165) is 22.0 Å². The Labute approximate surface area is 127 Å². The van der Waals surface area contributed by atoms with Gasteiger partial charge in [0, 0.05) is 6.07 Å². The molecule has 0 aliphatic rings. The summed E-state index contributed by atoms with van der Waals surface area (Å²) in [5, 5.41) is 9.92. The van der Waals surface area contributed by atoms with Gasteiger partial charge in [0.2, 0.25) is 0 Å². The third kappa shape index (κ3) is 2.51. The molecule has 1 aromatic heterocycles. The van der Waals surface area contributed by atoms with Gasteiger partial charge in [-0.3, -0.25) is 4.79 Å². The molecular formula is C18H15NO3. The summed E-state index contributed by atoms with van der Waals surface area (Å²) in [5.41, 5.74) is 2.72. The molecule has 0 spiro atoms. The van der Waals surface area contributed by atoms with Crippen LogP contribution in [0.3, 0.4) is 0 Å². The van der Waals surface area contributed by atoms with Gasteiger partial charge < -0.3 is 9.67 Å². The zero-order valence-corrected chi connectivity index (χ0v) is 12.1. The number of pyridine rings is 1. The maximum atomic E-state index is 12.3. The largest absolute Gasteiger partial charge is 0.478 e. The number of aryl methyl sites for hydroxylation is 1. The van der Waals surface area contributed by atoms with Crippen LogP contribution in [0, 0.1) is 6.92 Å². The van der Waals surface area contributed by atoms with Crippen LogP contribution < -0.4 is 5.56 Å². The molecule has 0 bridgehead atoms. The minimum Gasteiger partial charge on any atom is -0.478 e. The number of fused-ring (bicyclic) bond motifs is 1. The van der Waals surface area contributed by atoms with Gasteiger partial charge in [-0.1, -0.05) is 30.3 Å². The first-order valence-electron chi connectivity index (χ1n) is 6.97. The Morgan fingerprint density at radius 3 is 2.50 bits per heavy atom. The molecule has 2 aromatic carbocycles. The Bertz CT molecular complexity index is 911. The fourth-order valence-electron chi connectivity index (χ4n) is 2.71. The van der Waals surface area contributed by atoms with Crippen LogP contribution in [0.5, 0.6) is 0 Å². The Hall–Kier alpha value is -2.88. The van der Waals surface area contributed by atoms with Gasteiger partial charge in [-0.05, 0) is 41.6 Å². The van der Waals surface area contributed by atoms with Crippen molar-refractivity contribution < 1.29 is 9.90 Å². The van der Waals surface area contributed by atoms with Crippen molar-refractivity contribution in [2.24, 2.45) is 0 Å². The Morgan fingerprint density at radius 2 is 1.82 bits per heavy atom. The zero-order valence-electron chi connectivity index (χ0n) is 12.1. The third-order valence-corrected chi connectivity index (χ3v) is 3.70. The number of benzene rings is 2. The van der Waals surface area contributed by atoms with E-state index in [0.29, 0.717) is 6.54 Å². The summed E-state index contributed by atoms with van der Waals surface area (Å²) >= 11 is 0. The van der Waals surface area contributed by atoms with E-state index in [-0.39, 0.29) is 11.1 Å². The van der Waals surface area contributed by atoms with E-state index in [1.54, 1.807) is 22.8 Å². The van der Waals surface area contributed by atoms with Gasteiger partial charge in [0.05, 0.1) is 17.6 Å². The van der Waals surface area contributed by atoms with Gasteiger partial charge in [-0.15, -0.1) is 0 Å². The van der Waals surface area contributed by atoms with Gasteiger partial charge in [-0.25, -0.2) is 4.79 Å². The third-order valence-electron chi connectivity index (χ3n) is 3.70. The summed E-state index contributed by atoms with van der Waals surface area (Å²) in [6.45, 7) is 2.29. The first kappa shape index (κ1) is 14.1. The van der Waals surface area contributed by atoms with Crippen LogP contribution in [0.1, 0.15) is 21.5 Å². The molecular weight excluding hydrogens is 278 g/mol. The number of aromatic nitrogens is 1. The fourth-order valence-corrected chi connectivity index (χ4v) is 2.71. The second-order valence-corrected chi connectivity index (χ2v) is 5.28. The van der Waals surface area contributed by atoms with E-state index < -0.39 is 5.97 Å². The lowest BCUT2D eigenvalue weighted by Gasteiger charge is -2.13. The zero-order chi connectivity index (χ0) is 15.7. The maximum Gasteiger partial charge on any atom is 0.335 e. The minimum atomic E-state index is -0.967. The number of aromatic carboxylic acids is 1. The molecule has 0 unspecified atom stereocenters. The Balaban J connectivity index is 2.23. The lowest BCUT2D eigenvalue weighted by molar-refractivity contribution is 0.0697. The van der Waals surface area contributed by atoms with Gasteiger partial charge >= 0.3 is 5.97 Å². The molecule has 0 aliphatic heterocycles. The van der Waals surface area contributed by atoms with Crippen LogP contribution in [0.25, 0.3) is 10.9 Å². The van der Waals surface area contributed by atoms with Crippen LogP contribution in [-0.2, 0) is 6.54 Å². The number of nitrogens with zero attached hydrogens (tertiary/aromatic N) is 1. The highest BCUT2D eigenvalue weighted by Gasteiger charge is 2.11. The smallest absolute Gasteiger partial charge is 0.335 e. The van der Waals surface area contributed by atoms with Crippen molar-refractivity contribution in [2.45, 2.75) is 13.5 Å². The molecule has 0 amide bonds. The first-order valence-corrected chi connectivity index (χ1v) is 6.97. The quantitative estimate of drug-likeness (QED) is 0.807. The molecule has 4 nitrogen and oxygen atoms in total. The van der Waals surface area contributed by atoms with Crippen molar-refractivity contribution in [1.29, 1.82) is 0 Å². The predicted molar refractivity (Wildman–Crippen MR) is 85.4 cm³/mol. The maximum absolute atomic E-state index is 12.3. The van der Waals surface area contributed by atoms with Crippen molar-refractivity contribution in [2.75, 3.05) is 0 Å². The Kier molecular flexibility index (Phi) is 3.51. The minimum absolute atomic E-state index is 0.0949. The van der Waals surface area contributed by atoms with Crippen molar-refractivity contribution in [3.63, 3.8) is 0 Å². The van der Waals surface area contributed by atoms with E-state index >= 15 is 0 Å². The topological polar surface area (TPSA) is 59.3 Å². The number of carbonyl (C=O) groups is 1. The molecule has 1 N–H and O–H groups in total. The van der Waals surface area contributed by atoms with Gasteiger partial charge in [0.25, 0.3) is 5.56 Å². The summed E-state index contributed by atoms with van der Waals surface area (Å²) in [6.07, 6.45) is 0. The highest BCUT2D eigenvalue weighted by atomic mass is 16.4. The molecule has 0 radical (unpaired) electrons. The van der Waals surface area contributed by atoms with Crippen LogP contribution in [0.2, 0.25) is 0 Å². The second kappa shape index (κ2) is 5.48. The molecule has 1 heterocycles. The van der Waals surface area contributed by atoms with Crippen molar-refractivity contribution in [1.82, 2.24) is 4.57 Å². The van der Waals surface area contributed by atoms with Crippen molar-refractivity contribution in [3.05, 3.63) is 81.6 Å². The molecule has 0 saturated heterocycles. The van der Waals surface area contributed by atoms with E-state index in [1.807, 2.05) is 37.3 Å². The predicted octanol–water partition coefficient (Wildman–Crippen LogP) is 3.06. The summed E-state index contributed by atoms with van der Waals surface area (Å²) in [7, 11) is 0. The van der Waals surface area contributed by atoms with Gasteiger partial charge in [-0.2, -0.15) is 0 Å². The summed E-state index contributed by atoms with van der Waals surface area (Å²) in [6, 6.07) is 16.1.